The predicted molar refractivity (Wildman–Crippen MR) is 276 cm³/mol. The Bertz CT molecular complexity index is 2350. The number of hydrogen-bond donors (Lipinski definition) is 0. The van der Waals surface area contributed by atoms with E-state index in [4.69, 9.17) is 0 Å². The van der Waals surface area contributed by atoms with E-state index >= 15 is 0 Å². The third kappa shape index (κ3) is 9.50. The van der Waals surface area contributed by atoms with E-state index in [1.807, 2.05) is 0 Å². The van der Waals surface area contributed by atoms with Gasteiger partial charge in [0.05, 0.1) is 0 Å². The summed E-state index contributed by atoms with van der Waals surface area (Å²) < 4.78 is 1.57. The quantitative estimate of drug-likeness (QED) is 0.0821. The Morgan fingerprint density at radius 3 is 1.00 bits per heavy atom. The van der Waals surface area contributed by atoms with Gasteiger partial charge in [-0.3, -0.25) is 0 Å². The molecule has 0 radical (unpaired) electrons. The summed E-state index contributed by atoms with van der Waals surface area (Å²) in [7, 11) is 2.18. The molecular formula is C60H66SSe. The number of hydrogen-bond acceptors (Lipinski definition) is 1. The molecule has 0 amide bonds. The van der Waals surface area contributed by atoms with Gasteiger partial charge < -0.3 is 0 Å². The van der Waals surface area contributed by atoms with Crippen LogP contribution in [0.2, 0.25) is 0 Å². The van der Waals surface area contributed by atoms with Crippen molar-refractivity contribution in [3.8, 4) is 44.5 Å². The van der Waals surface area contributed by atoms with Crippen molar-refractivity contribution in [3.63, 3.8) is 0 Å². The molecule has 7 rings (SSSR count). The van der Waals surface area contributed by atoms with Crippen molar-refractivity contribution in [3.05, 3.63) is 194 Å². The van der Waals surface area contributed by atoms with Crippen LogP contribution in [0, 0.1) is 55.4 Å². The SMILES string of the molecule is CCCCS[Se]c1c(Cc2c(-c3c(C)cccc3C)cccc2-c2c(C)cccc2C)cc(C(C)(C)C)cc1Cc1c(-c2c(C)cccc2C)cccc1-c1c(C)cccc1C. The van der Waals surface area contributed by atoms with Gasteiger partial charge in [-0.05, 0) is 0 Å². The fourth-order valence-corrected chi connectivity index (χ4v) is 14.4. The molecule has 0 saturated carbocycles. The van der Waals surface area contributed by atoms with Gasteiger partial charge in [-0.25, -0.2) is 0 Å². The van der Waals surface area contributed by atoms with Gasteiger partial charge in [0.1, 0.15) is 0 Å². The third-order valence-corrected chi connectivity index (χ3v) is 17.6. The van der Waals surface area contributed by atoms with Gasteiger partial charge in [-0.1, -0.05) is 0 Å². The number of unbranched alkanes of at least 4 members (excludes halogenated alkanes) is 1. The van der Waals surface area contributed by atoms with Crippen LogP contribution in [-0.4, -0.2) is 19.6 Å². The first-order chi connectivity index (χ1) is 29.7. The van der Waals surface area contributed by atoms with Crippen molar-refractivity contribution in [1.29, 1.82) is 0 Å². The summed E-state index contributed by atoms with van der Waals surface area (Å²) in [5.74, 6) is 1.19. The fraction of sp³-hybridized carbons (Fsp3) is 0.300. The van der Waals surface area contributed by atoms with Crippen LogP contribution in [0.1, 0.15) is 113 Å². The minimum atomic E-state index is -0.0342. The average Bonchev–Trinajstić information content (AvgIpc) is 3.21. The molecule has 0 atom stereocenters. The molecule has 0 fully saturated rings. The van der Waals surface area contributed by atoms with Crippen LogP contribution in [0.25, 0.3) is 44.5 Å². The van der Waals surface area contributed by atoms with Gasteiger partial charge in [-0.2, -0.15) is 0 Å². The minimum absolute atomic E-state index is 0.0342. The molecule has 0 spiro atoms. The molecule has 0 heterocycles. The Kier molecular flexibility index (Phi) is 14.2. The Hall–Kier alpha value is -4.59. The van der Waals surface area contributed by atoms with Gasteiger partial charge in [0.25, 0.3) is 0 Å². The van der Waals surface area contributed by atoms with Crippen molar-refractivity contribution in [2.24, 2.45) is 0 Å². The standard InChI is InChI=1S/C60H66SSe/c1-13-14-33-61-62-59-46(36-53-49(55-38(2)21-15-22-39(55)3)29-19-30-50(53)56-40(4)23-16-24-41(56)5)34-48(60(10,11)12)35-47(59)37-54-51(57-42(6)25-17-26-43(57)7)31-20-32-52(54)58-44(8)27-18-28-45(58)9/h15-32,34-35H,13-14,33,36-37H2,1-12H3. The molecule has 0 bridgehead atoms. The van der Waals surface area contributed by atoms with Crippen LogP contribution in [0.4, 0.5) is 0 Å². The molecule has 0 aliphatic carbocycles. The summed E-state index contributed by atoms with van der Waals surface area (Å²) in [5, 5.41) is 0. The topological polar surface area (TPSA) is 0 Å². The van der Waals surface area contributed by atoms with Gasteiger partial charge in [0.15, 0.2) is 0 Å². The van der Waals surface area contributed by atoms with Gasteiger partial charge >= 0.3 is 387 Å². The van der Waals surface area contributed by atoms with Gasteiger partial charge in [0.2, 0.25) is 0 Å². The molecule has 318 valence electrons. The van der Waals surface area contributed by atoms with Crippen LogP contribution < -0.4 is 4.46 Å². The second-order valence-electron chi connectivity index (χ2n) is 18.7. The van der Waals surface area contributed by atoms with Crippen molar-refractivity contribution >= 4 is 28.5 Å². The van der Waals surface area contributed by atoms with Gasteiger partial charge in [-0.15, -0.1) is 0 Å². The summed E-state index contributed by atoms with van der Waals surface area (Å²) in [5.41, 5.74) is 28.8. The molecule has 0 saturated heterocycles. The molecule has 7 aromatic carbocycles. The summed E-state index contributed by atoms with van der Waals surface area (Å²) in [6.45, 7) is 27.8. The van der Waals surface area contributed by atoms with E-state index in [2.05, 4.69) is 215 Å². The maximum absolute atomic E-state index is 2.61. The molecule has 0 unspecified atom stereocenters. The van der Waals surface area contributed by atoms with E-state index in [-0.39, 0.29) is 19.3 Å². The molecule has 0 aromatic heterocycles. The van der Waals surface area contributed by atoms with Crippen molar-refractivity contribution < 1.29 is 0 Å². The predicted octanol–water partition coefficient (Wildman–Crippen LogP) is 16.1. The Morgan fingerprint density at radius 1 is 0.435 bits per heavy atom. The molecule has 7 aromatic rings. The van der Waals surface area contributed by atoms with Crippen LogP contribution in [0.15, 0.2) is 121 Å². The Labute approximate surface area is 384 Å². The summed E-state index contributed by atoms with van der Waals surface area (Å²) in [4.78, 5) is 0. The number of benzene rings is 7. The zero-order valence-electron chi connectivity index (χ0n) is 39.4. The van der Waals surface area contributed by atoms with Crippen molar-refractivity contribution in [2.45, 2.75) is 114 Å². The molecule has 0 aliphatic rings. The third-order valence-electron chi connectivity index (χ3n) is 12.9. The second kappa shape index (κ2) is 19.4. The van der Waals surface area contributed by atoms with Crippen LogP contribution in [0.3, 0.4) is 0 Å². The van der Waals surface area contributed by atoms with Crippen molar-refractivity contribution in [2.75, 3.05) is 5.75 Å². The molecular weight excluding hydrogens is 832 g/mol. The molecule has 0 aliphatic heterocycles. The first-order valence-electron chi connectivity index (χ1n) is 22.6. The van der Waals surface area contributed by atoms with E-state index in [1.54, 1.807) is 4.46 Å². The van der Waals surface area contributed by atoms with E-state index in [0.717, 1.165) is 12.8 Å². The van der Waals surface area contributed by atoms with E-state index in [0.29, 0.717) is 0 Å². The number of rotatable bonds is 13. The zero-order valence-corrected chi connectivity index (χ0v) is 41.9. The molecule has 0 N–H and O–H groups in total. The molecule has 62 heavy (non-hydrogen) atoms. The van der Waals surface area contributed by atoms with Crippen LogP contribution in [-0.2, 0) is 18.3 Å². The summed E-state index contributed by atoms with van der Waals surface area (Å²) in [6.07, 6.45) is 4.21. The normalized spacial score (nSPS) is 11.7. The Morgan fingerprint density at radius 2 is 0.726 bits per heavy atom. The number of aryl methyl sites for hydroxylation is 8. The first-order valence-corrected chi connectivity index (χ1v) is 26.5. The van der Waals surface area contributed by atoms with E-state index in [9.17, 15) is 0 Å². The summed E-state index contributed by atoms with van der Waals surface area (Å²) >= 11 is 0.217. The monoisotopic (exact) mass is 898 g/mol. The van der Waals surface area contributed by atoms with E-state index in [1.165, 1.54) is 135 Å². The second-order valence-corrected chi connectivity index (χ2v) is 22.9. The van der Waals surface area contributed by atoms with Gasteiger partial charge in [0, 0.05) is 0 Å². The van der Waals surface area contributed by atoms with Crippen molar-refractivity contribution in [1.82, 2.24) is 0 Å². The van der Waals surface area contributed by atoms with E-state index < -0.39 is 0 Å². The Balaban J connectivity index is 1.55. The maximum atomic E-state index is 2.61. The van der Waals surface area contributed by atoms with Crippen LogP contribution in [0.5, 0.6) is 0 Å². The zero-order chi connectivity index (χ0) is 44.3. The molecule has 0 nitrogen and oxygen atoms in total. The van der Waals surface area contributed by atoms with Crippen LogP contribution >= 0.6 is 10.2 Å². The average molecular weight is 898 g/mol. The first kappa shape index (κ1) is 45.4. The fourth-order valence-electron chi connectivity index (χ4n) is 9.69. The summed E-state index contributed by atoms with van der Waals surface area (Å²) in [6, 6.07) is 46.5. The molecule has 2 heteroatoms.